The summed E-state index contributed by atoms with van der Waals surface area (Å²) in [5, 5.41) is 24.4. The van der Waals surface area contributed by atoms with Crippen LogP contribution in [0.25, 0.3) is 0 Å². The molecule has 0 saturated carbocycles. The Kier molecular flexibility index (Phi) is 5.23. The maximum atomic E-state index is 12.7. The second-order valence-electron chi connectivity index (χ2n) is 6.92. The summed E-state index contributed by atoms with van der Waals surface area (Å²) in [7, 11) is 2.91. The van der Waals surface area contributed by atoms with E-state index in [9.17, 15) is 24.6 Å². The monoisotopic (exact) mass is 390 g/mol. The second kappa shape index (κ2) is 7.47. The highest BCUT2D eigenvalue weighted by molar-refractivity contribution is 5.91. The number of aliphatic carboxylic acids is 1. The molecular weight excluding hydrogens is 368 g/mol. The third-order valence-electron chi connectivity index (χ3n) is 5.12. The van der Waals surface area contributed by atoms with Gasteiger partial charge in [-0.15, -0.1) is 5.10 Å². The highest BCUT2D eigenvalue weighted by Gasteiger charge is 2.50. The summed E-state index contributed by atoms with van der Waals surface area (Å²) in [5.41, 5.74) is -1.46. The summed E-state index contributed by atoms with van der Waals surface area (Å²) in [6, 6.07) is 6.92. The topological polar surface area (TPSA) is 138 Å². The van der Waals surface area contributed by atoms with Crippen molar-refractivity contribution in [1.29, 1.82) is 0 Å². The number of amides is 1. The summed E-state index contributed by atoms with van der Waals surface area (Å²) >= 11 is 0. The molecule has 0 spiro atoms. The van der Waals surface area contributed by atoms with Crippen molar-refractivity contribution >= 4 is 11.9 Å². The molecule has 0 bridgehead atoms. The van der Waals surface area contributed by atoms with E-state index in [4.69, 9.17) is 4.74 Å². The quantitative estimate of drug-likeness (QED) is 0.634. The molecule has 1 aliphatic heterocycles. The van der Waals surface area contributed by atoms with E-state index >= 15 is 0 Å². The highest BCUT2D eigenvalue weighted by atomic mass is 16.5. The number of likely N-dealkylation sites (tertiary alicyclic amines) is 1. The van der Waals surface area contributed by atoms with Crippen LogP contribution < -0.4 is 10.4 Å². The van der Waals surface area contributed by atoms with Crippen LogP contribution in [0.3, 0.4) is 0 Å². The van der Waals surface area contributed by atoms with Crippen molar-refractivity contribution in [3.05, 3.63) is 46.1 Å². The van der Waals surface area contributed by atoms with Crippen LogP contribution in [0.1, 0.15) is 22.6 Å². The fourth-order valence-corrected chi connectivity index (χ4v) is 3.51. The van der Waals surface area contributed by atoms with Crippen LogP contribution in [0.4, 0.5) is 0 Å². The Labute approximate surface area is 160 Å². The van der Waals surface area contributed by atoms with Gasteiger partial charge in [0.2, 0.25) is 5.82 Å². The minimum absolute atomic E-state index is 0.0171. The fourth-order valence-electron chi connectivity index (χ4n) is 3.51. The van der Waals surface area contributed by atoms with E-state index in [1.807, 2.05) is 0 Å². The third-order valence-corrected chi connectivity index (χ3v) is 5.12. The number of aromatic nitrogens is 3. The van der Waals surface area contributed by atoms with E-state index in [1.54, 1.807) is 24.3 Å². The van der Waals surface area contributed by atoms with Gasteiger partial charge in [0, 0.05) is 20.1 Å². The molecule has 3 N–H and O–H groups in total. The van der Waals surface area contributed by atoms with Crippen LogP contribution in [0.15, 0.2) is 29.1 Å². The first-order valence-electron chi connectivity index (χ1n) is 8.74. The number of rotatable bonds is 5. The van der Waals surface area contributed by atoms with Gasteiger partial charge >= 0.3 is 11.7 Å². The molecule has 0 radical (unpaired) electrons. The van der Waals surface area contributed by atoms with Gasteiger partial charge in [-0.1, -0.05) is 12.1 Å². The molecule has 10 heteroatoms. The maximum absolute atomic E-state index is 12.7. The van der Waals surface area contributed by atoms with E-state index in [0.717, 1.165) is 4.68 Å². The number of aromatic amines is 1. The van der Waals surface area contributed by atoms with Gasteiger partial charge in [-0.05, 0) is 30.5 Å². The van der Waals surface area contributed by atoms with Gasteiger partial charge in [-0.3, -0.25) is 14.6 Å². The Hall–Kier alpha value is -3.14. The number of hydrogen-bond acceptors (Lipinski definition) is 6. The highest BCUT2D eigenvalue weighted by Crippen LogP contribution is 2.35. The Morgan fingerprint density at radius 3 is 2.79 bits per heavy atom. The molecule has 3 rings (SSSR count). The molecule has 10 nitrogen and oxygen atoms in total. The number of aryl methyl sites for hydroxylation is 1. The number of aliphatic hydroxyl groups is 1. The molecule has 1 amide bonds. The van der Waals surface area contributed by atoms with Crippen LogP contribution in [-0.4, -0.2) is 68.1 Å². The number of carboxylic acids is 1. The number of methoxy groups -OCH3 is 1. The maximum Gasteiger partial charge on any atom is 0.343 e. The first kappa shape index (κ1) is 19.6. The van der Waals surface area contributed by atoms with Crippen molar-refractivity contribution in [3.63, 3.8) is 0 Å². The molecule has 150 valence electrons. The Bertz CT molecular complexity index is 952. The number of hydrogen-bond donors (Lipinski definition) is 3. The van der Waals surface area contributed by atoms with Crippen molar-refractivity contribution in [1.82, 2.24) is 19.7 Å². The molecule has 1 aliphatic rings. The third kappa shape index (κ3) is 3.50. The molecule has 1 saturated heterocycles. The van der Waals surface area contributed by atoms with Gasteiger partial charge in [-0.2, -0.15) is 0 Å². The summed E-state index contributed by atoms with van der Waals surface area (Å²) in [4.78, 5) is 40.1. The lowest BCUT2D eigenvalue weighted by atomic mass is 9.72. The summed E-state index contributed by atoms with van der Waals surface area (Å²) in [5.74, 6) is -1.37. The smallest absolute Gasteiger partial charge is 0.343 e. The molecule has 28 heavy (non-hydrogen) atoms. The Balaban J connectivity index is 1.91. The number of nitrogens with zero attached hydrogens (tertiary/aromatic N) is 3. The fraction of sp³-hybridized carbons (Fsp3) is 0.444. The first-order valence-corrected chi connectivity index (χ1v) is 8.74. The lowest BCUT2D eigenvalue weighted by Gasteiger charge is -2.43. The number of H-pyrrole nitrogens is 1. The van der Waals surface area contributed by atoms with Crippen LogP contribution in [0, 0.1) is 5.41 Å². The number of carbonyl (C=O) groups is 2. The number of carboxylic acid groups (broad SMARTS) is 1. The standard InChI is InChI=1S/C18H22N4O6/c1-21-17(27)19-14(20-21)15(24)22-7-6-13(23)18(10-22,16(25)26)9-11-4-3-5-12(8-11)28-2/h3-5,8,13,23H,6-7,9-10H2,1-2H3,(H,25,26)(H,19,20,27)/t13-,18-/m1/s1. The van der Waals surface area contributed by atoms with Gasteiger partial charge in [0.15, 0.2) is 0 Å². The zero-order valence-corrected chi connectivity index (χ0v) is 15.6. The van der Waals surface area contributed by atoms with E-state index in [-0.39, 0.29) is 31.8 Å². The first-order chi connectivity index (χ1) is 13.3. The van der Waals surface area contributed by atoms with Crippen molar-refractivity contribution in [2.75, 3.05) is 20.2 Å². The second-order valence-corrected chi connectivity index (χ2v) is 6.92. The normalized spacial score (nSPS) is 22.1. The van der Waals surface area contributed by atoms with Crippen LogP contribution in [0.2, 0.25) is 0 Å². The van der Waals surface area contributed by atoms with E-state index < -0.39 is 29.1 Å². The zero-order valence-electron chi connectivity index (χ0n) is 15.6. The molecule has 1 aromatic heterocycles. The molecule has 2 aromatic rings. The van der Waals surface area contributed by atoms with Crippen molar-refractivity contribution in [2.24, 2.45) is 12.5 Å². The van der Waals surface area contributed by atoms with Gasteiger partial charge in [0.25, 0.3) is 5.91 Å². The molecule has 1 aromatic carbocycles. The average Bonchev–Trinajstić information content (AvgIpc) is 3.01. The van der Waals surface area contributed by atoms with Crippen LogP contribution >= 0.6 is 0 Å². The SMILES string of the molecule is COc1cccc(C[C@@]2(C(=O)O)CN(C(=O)c3nn(C)c(=O)[nH]3)CC[C@H]2O)c1. The van der Waals surface area contributed by atoms with Gasteiger partial charge < -0.3 is 19.8 Å². The molecule has 0 aliphatic carbocycles. The lowest BCUT2D eigenvalue weighted by molar-refractivity contribution is -0.161. The van der Waals surface area contributed by atoms with E-state index in [2.05, 4.69) is 10.1 Å². The van der Waals surface area contributed by atoms with Crippen molar-refractivity contribution in [2.45, 2.75) is 18.9 Å². The molecule has 2 atom stereocenters. The van der Waals surface area contributed by atoms with Gasteiger partial charge in [0.1, 0.15) is 11.2 Å². The predicted molar refractivity (Wildman–Crippen MR) is 97.1 cm³/mol. The largest absolute Gasteiger partial charge is 0.497 e. The van der Waals surface area contributed by atoms with Crippen LogP contribution in [0.5, 0.6) is 5.75 Å². The summed E-state index contributed by atoms with van der Waals surface area (Å²) in [6.07, 6.45) is -1.02. The Morgan fingerprint density at radius 2 is 2.18 bits per heavy atom. The zero-order chi connectivity index (χ0) is 20.5. The number of nitrogens with one attached hydrogen (secondary N) is 1. The predicted octanol–water partition coefficient (Wildman–Crippen LogP) is -0.362. The molecular formula is C18H22N4O6. The number of carbonyl (C=O) groups excluding carboxylic acids is 1. The van der Waals surface area contributed by atoms with E-state index in [0.29, 0.717) is 11.3 Å². The van der Waals surface area contributed by atoms with E-state index in [1.165, 1.54) is 19.1 Å². The number of piperidine rings is 1. The Morgan fingerprint density at radius 1 is 1.43 bits per heavy atom. The average molecular weight is 390 g/mol. The number of benzene rings is 1. The van der Waals surface area contributed by atoms with Crippen LogP contribution in [-0.2, 0) is 18.3 Å². The molecule has 2 heterocycles. The minimum Gasteiger partial charge on any atom is -0.497 e. The van der Waals surface area contributed by atoms with Crippen molar-refractivity contribution < 1.29 is 24.5 Å². The summed E-state index contributed by atoms with van der Waals surface area (Å²) in [6.45, 7) is -0.0517. The van der Waals surface area contributed by atoms with Gasteiger partial charge in [0.05, 0.1) is 13.2 Å². The van der Waals surface area contributed by atoms with Crippen molar-refractivity contribution in [3.8, 4) is 5.75 Å². The summed E-state index contributed by atoms with van der Waals surface area (Å²) < 4.78 is 6.17. The van der Waals surface area contributed by atoms with Gasteiger partial charge in [-0.25, -0.2) is 9.48 Å². The molecule has 1 fully saturated rings. The number of ether oxygens (including phenoxy) is 1. The molecule has 0 unspecified atom stereocenters. The number of aliphatic hydroxyl groups excluding tert-OH is 1. The lowest BCUT2D eigenvalue weighted by Crippen LogP contribution is -2.58. The minimum atomic E-state index is -1.59.